The molecule has 0 saturated heterocycles. The van der Waals surface area contributed by atoms with Crippen LogP contribution in [0, 0.1) is 0 Å². The third-order valence-corrected chi connectivity index (χ3v) is 3.21. The first-order valence-corrected chi connectivity index (χ1v) is 6.67. The number of aromatic nitrogens is 4. The summed E-state index contributed by atoms with van der Waals surface area (Å²) >= 11 is 0. The van der Waals surface area contributed by atoms with Gasteiger partial charge < -0.3 is 5.32 Å². The summed E-state index contributed by atoms with van der Waals surface area (Å²) in [6, 6.07) is 7.45. The Balaban J connectivity index is 1.78. The summed E-state index contributed by atoms with van der Waals surface area (Å²) < 4.78 is 0. The van der Waals surface area contributed by atoms with Gasteiger partial charge in [-0.05, 0) is 17.3 Å². The van der Waals surface area contributed by atoms with Crippen molar-refractivity contribution in [1.82, 2.24) is 25.1 Å². The van der Waals surface area contributed by atoms with Crippen LogP contribution in [0.25, 0.3) is 11.4 Å². The number of amides is 2. The van der Waals surface area contributed by atoms with Gasteiger partial charge in [0, 0.05) is 29.9 Å². The largest absolute Gasteiger partial charge is 0.357 e. The smallest absolute Gasteiger partial charge is 0.255 e. The van der Waals surface area contributed by atoms with Crippen molar-refractivity contribution in [2.24, 2.45) is 7.05 Å². The number of nitrogens with zero attached hydrogens (tertiary/aromatic N) is 5. The van der Waals surface area contributed by atoms with Crippen molar-refractivity contribution in [2.75, 3.05) is 11.9 Å². The molecule has 112 valence electrons. The number of rotatable bonds is 3. The average molecular weight is 298 g/mol. The summed E-state index contributed by atoms with van der Waals surface area (Å²) in [7, 11) is 1.70. The van der Waals surface area contributed by atoms with E-state index in [1.165, 1.54) is 22.7 Å². The molecule has 0 fully saturated rings. The summed E-state index contributed by atoms with van der Waals surface area (Å²) in [5, 5.41) is 15.0. The van der Waals surface area contributed by atoms with Gasteiger partial charge >= 0.3 is 0 Å². The standard InChI is InChI=1S/C14H14N6O2/c1-9(21)20-8-12(7-13(20)22)15-11-5-3-4-10(6-11)14-16-18-19(2)17-14/h3-7,15H,8H2,1-2H3. The van der Waals surface area contributed by atoms with E-state index in [0.717, 1.165) is 11.3 Å². The number of tetrazole rings is 1. The Kier molecular flexibility index (Phi) is 3.42. The van der Waals surface area contributed by atoms with E-state index in [9.17, 15) is 9.59 Å². The lowest BCUT2D eigenvalue weighted by Gasteiger charge is -2.12. The first-order valence-electron chi connectivity index (χ1n) is 6.67. The highest BCUT2D eigenvalue weighted by atomic mass is 16.2. The molecule has 0 aliphatic carbocycles. The van der Waals surface area contributed by atoms with Crippen LogP contribution in [-0.2, 0) is 16.6 Å². The molecule has 1 N–H and O–H groups in total. The molecule has 2 aromatic rings. The molecule has 2 heterocycles. The maximum absolute atomic E-state index is 11.7. The molecule has 8 heteroatoms. The Morgan fingerprint density at radius 1 is 1.36 bits per heavy atom. The van der Waals surface area contributed by atoms with E-state index < -0.39 is 0 Å². The SMILES string of the molecule is CC(=O)N1CC(Nc2cccc(-c3nnn(C)n3)c2)=CC1=O. The molecule has 8 nitrogen and oxygen atoms in total. The molecule has 1 aliphatic rings. The van der Waals surface area contributed by atoms with E-state index in [1.54, 1.807) is 7.05 Å². The minimum atomic E-state index is -0.304. The molecule has 1 aromatic carbocycles. The van der Waals surface area contributed by atoms with Crippen molar-refractivity contribution in [2.45, 2.75) is 6.92 Å². The highest BCUT2D eigenvalue weighted by Gasteiger charge is 2.24. The highest BCUT2D eigenvalue weighted by Crippen LogP contribution is 2.21. The fourth-order valence-electron chi connectivity index (χ4n) is 2.18. The van der Waals surface area contributed by atoms with Gasteiger partial charge in [-0.25, -0.2) is 0 Å². The normalized spacial score (nSPS) is 14.2. The van der Waals surface area contributed by atoms with E-state index in [-0.39, 0.29) is 18.4 Å². The zero-order chi connectivity index (χ0) is 15.7. The van der Waals surface area contributed by atoms with Crippen molar-refractivity contribution >= 4 is 17.5 Å². The number of hydrogen-bond donors (Lipinski definition) is 1. The predicted molar refractivity (Wildman–Crippen MR) is 78.3 cm³/mol. The number of anilines is 1. The van der Waals surface area contributed by atoms with E-state index in [0.29, 0.717) is 11.5 Å². The van der Waals surface area contributed by atoms with Crippen LogP contribution >= 0.6 is 0 Å². The Morgan fingerprint density at radius 2 is 2.18 bits per heavy atom. The predicted octanol–water partition coefficient (Wildman–Crippen LogP) is 0.562. The Morgan fingerprint density at radius 3 is 2.82 bits per heavy atom. The van der Waals surface area contributed by atoms with Crippen LogP contribution in [0.15, 0.2) is 36.0 Å². The Bertz CT molecular complexity index is 779. The molecule has 0 atom stereocenters. The molecule has 22 heavy (non-hydrogen) atoms. The lowest BCUT2D eigenvalue weighted by atomic mass is 10.2. The molecule has 0 unspecified atom stereocenters. The van der Waals surface area contributed by atoms with Gasteiger partial charge in [0.15, 0.2) is 0 Å². The van der Waals surface area contributed by atoms with Gasteiger partial charge in [-0.15, -0.1) is 10.2 Å². The zero-order valence-electron chi connectivity index (χ0n) is 12.1. The summed E-state index contributed by atoms with van der Waals surface area (Å²) in [6.07, 6.45) is 1.43. The molecule has 1 aliphatic heterocycles. The maximum atomic E-state index is 11.7. The molecular formula is C14H14N6O2. The number of imide groups is 1. The molecule has 1 aromatic heterocycles. The molecule has 2 amide bonds. The van der Waals surface area contributed by atoms with Crippen LogP contribution in [0.5, 0.6) is 0 Å². The number of benzene rings is 1. The third kappa shape index (κ3) is 2.71. The van der Waals surface area contributed by atoms with Gasteiger partial charge in [-0.1, -0.05) is 12.1 Å². The summed E-state index contributed by atoms with van der Waals surface area (Å²) in [5.41, 5.74) is 2.27. The minimum Gasteiger partial charge on any atom is -0.357 e. The number of nitrogens with one attached hydrogen (secondary N) is 1. The molecule has 3 rings (SSSR count). The molecule has 0 bridgehead atoms. The van der Waals surface area contributed by atoms with Crippen molar-refractivity contribution in [3.8, 4) is 11.4 Å². The zero-order valence-corrected chi connectivity index (χ0v) is 12.1. The van der Waals surface area contributed by atoms with Gasteiger partial charge in [-0.3, -0.25) is 14.5 Å². The monoisotopic (exact) mass is 298 g/mol. The van der Waals surface area contributed by atoms with Gasteiger partial charge in [0.05, 0.1) is 13.6 Å². The lowest BCUT2D eigenvalue weighted by Crippen LogP contribution is -2.31. The Labute approximate surface area is 126 Å². The van der Waals surface area contributed by atoms with Crippen molar-refractivity contribution in [1.29, 1.82) is 0 Å². The number of carbonyl (C=O) groups excluding carboxylic acids is 2. The molecule has 0 saturated carbocycles. The highest BCUT2D eigenvalue weighted by molar-refractivity contribution is 6.03. The number of carbonyl (C=O) groups is 2. The summed E-state index contributed by atoms with van der Waals surface area (Å²) in [4.78, 5) is 25.5. The summed E-state index contributed by atoms with van der Waals surface area (Å²) in [6.45, 7) is 1.62. The second-order valence-electron chi connectivity index (χ2n) is 4.92. The molecule has 0 spiro atoms. The van der Waals surface area contributed by atoms with Crippen molar-refractivity contribution in [3.63, 3.8) is 0 Å². The van der Waals surface area contributed by atoms with E-state index in [1.807, 2.05) is 24.3 Å². The van der Waals surface area contributed by atoms with E-state index >= 15 is 0 Å². The fourth-order valence-corrected chi connectivity index (χ4v) is 2.18. The van der Waals surface area contributed by atoms with Crippen LogP contribution in [0.4, 0.5) is 5.69 Å². The summed E-state index contributed by atoms with van der Waals surface area (Å²) in [5.74, 6) is -0.0506. The van der Waals surface area contributed by atoms with Crippen LogP contribution in [0.2, 0.25) is 0 Å². The van der Waals surface area contributed by atoms with Crippen LogP contribution in [0.1, 0.15) is 6.92 Å². The second-order valence-corrected chi connectivity index (χ2v) is 4.92. The third-order valence-electron chi connectivity index (χ3n) is 3.21. The van der Waals surface area contributed by atoms with Gasteiger partial charge in [0.25, 0.3) is 5.91 Å². The van der Waals surface area contributed by atoms with Gasteiger partial charge in [0.2, 0.25) is 11.7 Å². The maximum Gasteiger partial charge on any atom is 0.255 e. The van der Waals surface area contributed by atoms with Crippen LogP contribution in [0.3, 0.4) is 0 Å². The van der Waals surface area contributed by atoms with Crippen LogP contribution in [-0.4, -0.2) is 43.5 Å². The van der Waals surface area contributed by atoms with E-state index in [2.05, 4.69) is 20.7 Å². The topological polar surface area (TPSA) is 93.0 Å². The quantitative estimate of drug-likeness (QED) is 0.890. The molecule has 0 radical (unpaired) electrons. The first kappa shape index (κ1) is 13.9. The molecular weight excluding hydrogens is 284 g/mol. The number of hydrogen-bond acceptors (Lipinski definition) is 6. The Hall–Kier alpha value is -3.03. The average Bonchev–Trinajstić information content (AvgIpc) is 3.05. The fraction of sp³-hybridized carbons (Fsp3) is 0.214. The van der Waals surface area contributed by atoms with Gasteiger partial charge in [-0.2, -0.15) is 4.80 Å². The second kappa shape index (κ2) is 5.40. The minimum absolute atomic E-state index is 0.252. The van der Waals surface area contributed by atoms with E-state index in [4.69, 9.17) is 0 Å². The van der Waals surface area contributed by atoms with Crippen LogP contribution < -0.4 is 5.32 Å². The first-order chi connectivity index (χ1) is 10.5. The van der Waals surface area contributed by atoms with Crippen molar-refractivity contribution in [3.05, 3.63) is 36.0 Å². The lowest BCUT2D eigenvalue weighted by molar-refractivity contribution is -0.138. The van der Waals surface area contributed by atoms with Crippen molar-refractivity contribution < 1.29 is 9.59 Å². The number of aryl methyl sites for hydroxylation is 1. The van der Waals surface area contributed by atoms with Gasteiger partial charge in [0.1, 0.15) is 0 Å².